The molecule has 0 fully saturated rings. The van der Waals surface area contributed by atoms with Gasteiger partial charge < -0.3 is 14.8 Å². The third kappa shape index (κ3) is 4.31. The van der Waals surface area contributed by atoms with Crippen molar-refractivity contribution >= 4 is 11.9 Å². The van der Waals surface area contributed by atoms with Crippen molar-refractivity contribution in [2.45, 2.75) is 12.1 Å². The predicted octanol–water partition coefficient (Wildman–Crippen LogP) is 1.61. The Labute approximate surface area is 151 Å². The second-order valence-corrected chi connectivity index (χ2v) is 5.82. The number of carbonyl (C=O) groups is 2. The molecule has 0 unspecified atom stereocenters. The molecule has 2 aromatic carbocycles. The van der Waals surface area contributed by atoms with Crippen molar-refractivity contribution in [2.24, 2.45) is 0 Å². The van der Waals surface area contributed by atoms with Crippen molar-refractivity contribution < 1.29 is 19.1 Å². The molecule has 7 nitrogen and oxygen atoms in total. The maximum atomic E-state index is 12.5. The van der Waals surface area contributed by atoms with E-state index in [4.69, 9.17) is 9.47 Å². The quantitative estimate of drug-likeness (QED) is 0.758. The van der Waals surface area contributed by atoms with Gasteiger partial charge in [-0.05, 0) is 17.7 Å². The fraction of sp³-hybridized carbons (Fsp3) is 0.263. The monoisotopic (exact) mass is 355 g/mol. The van der Waals surface area contributed by atoms with Gasteiger partial charge in [0.15, 0.2) is 11.5 Å². The molecular formula is C19H21N3O4. The van der Waals surface area contributed by atoms with Crippen LogP contribution in [-0.2, 0) is 4.79 Å². The van der Waals surface area contributed by atoms with Gasteiger partial charge >= 0.3 is 6.03 Å². The number of benzene rings is 2. The molecule has 0 saturated heterocycles. The van der Waals surface area contributed by atoms with E-state index in [9.17, 15) is 9.59 Å². The van der Waals surface area contributed by atoms with E-state index in [0.717, 1.165) is 5.56 Å². The minimum Gasteiger partial charge on any atom is -0.486 e. The van der Waals surface area contributed by atoms with Gasteiger partial charge in [0.05, 0.1) is 0 Å². The van der Waals surface area contributed by atoms with Gasteiger partial charge in [0.2, 0.25) is 5.91 Å². The standard InChI is InChI=1S/C19H21N3O4/c1-20-19(24)22-18(23)17(13-7-3-2-4-8-13)21-11-14-12-25-15-9-5-6-10-16(15)26-14/h2-10,14,17,21H,11-12H2,1H3,(H2,20,22,23,24)/t14-,17+/m1/s1. The fourth-order valence-corrected chi connectivity index (χ4v) is 2.67. The molecule has 3 amide bonds. The SMILES string of the molecule is CNC(=O)NC(=O)[C@@H](NC[C@@H]1COc2ccccc2O1)c1ccccc1. The van der Waals surface area contributed by atoms with Gasteiger partial charge in [0.25, 0.3) is 0 Å². The topological polar surface area (TPSA) is 88.7 Å². The van der Waals surface area contributed by atoms with Crippen LogP contribution in [0, 0.1) is 0 Å². The summed E-state index contributed by atoms with van der Waals surface area (Å²) in [5, 5.41) is 7.85. The number of imide groups is 1. The van der Waals surface area contributed by atoms with Crippen LogP contribution in [0.25, 0.3) is 0 Å². The number of ether oxygens (including phenoxy) is 2. The van der Waals surface area contributed by atoms with Crippen LogP contribution >= 0.6 is 0 Å². The van der Waals surface area contributed by atoms with E-state index in [1.165, 1.54) is 7.05 Å². The Balaban J connectivity index is 1.66. The van der Waals surface area contributed by atoms with Gasteiger partial charge in [-0.15, -0.1) is 0 Å². The molecule has 3 rings (SSSR count). The second-order valence-electron chi connectivity index (χ2n) is 5.82. The van der Waals surface area contributed by atoms with E-state index in [1.54, 1.807) is 0 Å². The lowest BCUT2D eigenvalue weighted by molar-refractivity contribution is -0.122. The average Bonchev–Trinajstić information content (AvgIpc) is 2.68. The predicted molar refractivity (Wildman–Crippen MR) is 96.1 cm³/mol. The van der Waals surface area contributed by atoms with Crippen molar-refractivity contribution in [3.63, 3.8) is 0 Å². The van der Waals surface area contributed by atoms with E-state index in [1.807, 2.05) is 54.6 Å². The molecule has 2 atom stereocenters. The molecule has 136 valence electrons. The number of nitrogens with one attached hydrogen (secondary N) is 3. The van der Waals surface area contributed by atoms with Crippen molar-refractivity contribution in [1.82, 2.24) is 16.0 Å². The Morgan fingerprint density at radius 3 is 2.50 bits per heavy atom. The highest BCUT2D eigenvalue weighted by Crippen LogP contribution is 2.30. The average molecular weight is 355 g/mol. The van der Waals surface area contributed by atoms with E-state index < -0.39 is 18.0 Å². The first-order valence-corrected chi connectivity index (χ1v) is 8.36. The van der Waals surface area contributed by atoms with Gasteiger partial charge in [-0.3, -0.25) is 15.4 Å². The smallest absolute Gasteiger partial charge is 0.321 e. The van der Waals surface area contributed by atoms with E-state index in [2.05, 4.69) is 16.0 Å². The van der Waals surface area contributed by atoms with Crippen molar-refractivity contribution in [1.29, 1.82) is 0 Å². The van der Waals surface area contributed by atoms with Gasteiger partial charge in [0, 0.05) is 13.6 Å². The number of hydrogen-bond acceptors (Lipinski definition) is 5. The Morgan fingerprint density at radius 1 is 1.08 bits per heavy atom. The summed E-state index contributed by atoms with van der Waals surface area (Å²) >= 11 is 0. The molecule has 7 heteroatoms. The maximum Gasteiger partial charge on any atom is 0.321 e. The van der Waals surface area contributed by atoms with E-state index in [0.29, 0.717) is 24.7 Å². The largest absolute Gasteiger partial charge is 0.486 e. The minimum absolute atomic E-state index is 0.246. The molecule has 26 heavy (non-hydrogen) atoms. The van der Waals surface area contributed by atoms with Crippen LogP contribution in [-0.4, -0.2) is 38.2 Å². The van der Waals surface area contributed by atoms with Gasteiger partial charge in [-0.2, -0.15) is 0 Å². The Hall–Kier alpha value is -3.06. The summed E-state index contributed by atoms with van der Waals surface area (Å²) in [6, 6.07) is 15.4. The van der Waals surface area contributed by atoms with Crippen molar-refractivity contribution in [3.8, 4) is 11.5 Å². The summed E-state index contributed by atoms with van der Waals surface area (Å²) in [6.07, 6.45) is -0.246. The number of rotatable bonds is 5. The molecule has 3 N–H and O–H groups in total. The third-order valence-corrected chi connectivity index (χ3v) is 3.98. The Morgan fingerprint density at radius 2 is 1.77 bits per heavy atom. The summed E-state index contributed by atoms with van der Waals surface area (Å²) in [5.74, 6) is 0.949. The molecule has 1 aliphatic heterocycles. The molecule has 1 aliphatic rings. The summed E-state index contributed by atoms with van der Waals surface area (Å²) in [7, 11) is 1.46. The molecule has 0 radical (unpaired) electrons. The second kappa shape index (κ2) is 8.35. The lowest BCUT2D eigenvalue weighted by Crippen LogP contribution is -2.47. The minimum atomic E-state index is -0.686. The molecule has 0 aromatic heterocycles. The number of fused-ring (bicyclic) bond motifs is 1. The molecule has 0 aliphatic carbocycles. The highest BCUT2D eigenvalue weighted by molar-refractivity contribution is 5.97. The Bertz CT molecular complexity index is 766. The number of amides is 3. The van der Waals surface area contributed by atoms with Gasteiger partial charge in [-0.25, -0.2) is 4.79 Å². The van der Waals surface area contributed by atoms with Crippen LogP contribution in [0.5, 0.6) is 11.5 Å². The Kier molecular flexibility index (Phi) is 5.70. The number of carbonyl (C=O) groups excluding carboxylic acids is 2. The molecule has 0 bridgehead atoms. The molecule has 0 spiro atoms. The highest BCUT2D eigenvalue weighted by Gasteiger charge is 2.26. The zero-order chi connectivity index (χ0) is 18.4. The number of para-hydroxylation sites is 2. The summed E-state index contributed by atoms with van der Waals surface area (Å²) in [4.78, 5) is 24.0. The molecule has 1 heterocycles. The number of hydrogen-bond donors (Lipinski definition) is 3. The molecule has 2 aromatic rings. The first-order chi connectivity index (χ1) is 12.7. The fourth-order valence-electron chi connectivity index (χ4n) is 2.67. The third-order valence-electron chi connectivity index (χ3n) is 3.98. The lowest BCUT2D eigenvalue weighted by Gasteiger charge is -2.28. The summed E-state index contributed by atoms with van der Waals surface area (Å²) in [5.41, 5.74) is 0.756. The van der Waals surface area contributed by atoms with E-state index >= 15 is 0 Å². The summed E-state index contributed by atoms with van der Waals surface area (Å²) in [6.45, 7) is 0.762. The first-order valence-electron chi connectivity index (χ1n) is 8.36. The van der Waals surface area contributed by atoms with E-state index in [-0.39, 0.29) is 6.10 Å². The maximum absolute atomic E-state index is 12.5. The van der Waals surface area contributed by atoms with Gasteiger partial charge in [0.1, 0.15) is 18.8 Å². The summed E-state index contributed by atoms with van der Waals surface area (Å²) < 4.78 is 11.6. The van der Waals surface area contributed by atoms with Crippen LogP contribution in [0.2, 0.25) is 0 Å². The van der Waals surface area contributed by atoms with Crippen LogP contribution in [0.3, 0.4) is 0 Å². The van der Waals surface area contributed by atoms with Crippen LogP contribution < -0.4 is 25.4 Å². The van der Waals surface area contributed by atoms with Crippen LogP contribution in [0.15, 0.2) is 54.6 Å². The molecular weight excluding hydrogens is 334 g/mol. The van der Waals surface area contributed by atoms with Crippen LogP contribution in [0.1, 0.15) is 11.6 Å². The highest BCUT2D eigenvalue weighted by atomic mass is 16.6. The zero-order valence-electron chi connectivity index (χ0n) is 14.4. The zero-order valence-corrected chi connectivity index (χ0v) is 14.4. The van der Waals surface area contributed by atoms with Crippen molar-refractivity contribution in [3.05, 3.63) is 60.2 Å². The van der Waals surface area contributed by atoms with Crippen LogP contribution in [0.4, 0.5) is 4.79 Å². The first kappa shape index (κ1) is 17.8. The molecule has 0 saturated carbocycles. The van der Waals surface area contributed by atoms with Crippen molar-refractivity contribution in [2.75, 3.05) is 20.2 Å². The normalized spacial score (nSPS) is 16.4. The lowest BCUT2D eigenvalue weighted by atomic mass is 10.1. The van der Waals surface area contributed by atoms with Gasteiger partial charge in [-0.1, -0.05) is 42.5 Å². The number of urea groups is 1.